The van der Waals surface area contributed by atoms with Crippen molar-refractivity contribution in [1.82, 2.24) is 25.0 Å². The highest BCUT2D eigenvalue weighted by Gasteiger charge is 2.23. The minimum absolute atomic E-state index is 0.0125. The van der Waals surface area contributed by atoms with Gasteiger partial charge in [-0.1, -0.05) is 42.1 Å². The third-order valence-electron chi connectivity index (χ3n) is 5.06. The van der Waals surface area contributed by atoms with Gasteiger partial charge < -0.3 is 9.80 Å². The number of benzene rings is 2. The predicted octanol–water partition coefficient (Wildman–Crippen LogP) is 3.09. The average molecular weight is 422 g/mol. The van der Waals surface area contributed by atoms with Crippen molar-refractivity contribution in [3.63, 3.8) is 0 Å². The van der Waals surface area contributed by atoms with Crippen LogP contribution in [0.25, 0.3) is 0 Å². The van der Waals surface area contributed by atoms with Crippen molar-refractivity contribution in [2.75, 3.05) is 26.2 Å². The van der Waals surface area contributed by atoms with Crippen molar-refractivity contribution >= 4 is 23.6 Å². The number of hydrogen-bond acceptors (Lipinski definition) is 5. The molecule has 0 unspecified atom stereocenters. The quantitative estimate of drug-likeness (QED) is 0.640. The highest BCUT2D eigenvalue weighted by molar-refractivity contribution is 7.98. The fourth-order valence-corrected chi connectivity index (χ4v) is 4.16. The van der Waals surface area contributed by atoms with Crippen molar-refractivity contribution in [1.29, 1.82) is 0 Å². The topological polar surface area (TPSA) is 82.2 Å². The van der Waals surface area contributed by atoms with Gasteiger partial charge in [0.15, 0.2) is 5.16 Å². The maximum absolute atomic E-state index is 12.9. The summed E-state index contributed by atoms with van der Waals surface area (Å²) in [6.07, 6.45) is 2.26. The molecule has 8 heteroatoms. The Morgan fingerprint density at radius 3 is 2.10 bits per heavy atom. The number of rotatable bonds is 5. The first-order valence-electron chi connectivity index (χ1n) is 9.91. The summed E-state index contributed by atoms with van der Waals surface area (Å²) in [6.45, 7) is 2.40. The molecular weight excluding hydrogens is 398 g/mol. The molecule has 1 N–H and O–H groups in total. The lowest BCUT2D eigenvalue weighted by Gasteiger charge is -2.22. The van der Waals surface area contributed by atoms with Crippen LogP contribution in [0.2, 0.25) is 0 Å². The number of hydrogen-bond donors (Lipinski definition) is 1. The first-order valence-corrected chi connectivity index (χ1v) is 10.9. The molecule has 1 aliphatic rings. The largest absolute Gasteiger partial charge is 0.337 e. The molecule has 0 radical (unpaired) electrons. The molecule has 1 aliphatic heterocycles. The summed E-state index contributed by atoms with van der Waals surface area (Å²) in [5, 5.41) is 7.43. The summed E-state index contributed by atoms with van der Waals surface area (Å²) in [5.74, 6) is 0.793. The summed E-state index contributed by atoms with van der Waals surface area (Å²) in [4.78, 5) is 33.4. The summed E-state index contributed by atoms with van der Waals surface area (Å²) in [7, 11) is 0. The lowest BCUT2D eigenvalue weighted by molar-refractivity contribution is 0.0719. The number of aromatic amines is 1. The minimum atomic E-state index is 0.0125. The van der Waals surface area contributed by atoms with Gasteiger partial charge in [-0.3, -0.25) is 14.7 Å². The van der Waals surface area contributed by atoms with Gasteiger partial charge in [0.05, 0.1) is 0 Å². The molecule has 0 atom stereocenters. The lowest BCUT2D eigenvalue weighted by atomic mass is 10.1. The van der Waals surface area contributed by atoms with Crippen molar-refractivity contribution in [2.45, 2.75) is 17.3 Å². The van der Waals surface area contributed by atoms with Crippen LogP contribution in [0.5, 0.6) is 0 Å². The van der Waals surface area contributed by atoms with Crippen LogP contribution in [-0.4, -0.2) is 63.0 Å². The number of carbonyl (C=O) groups is 2. The predicted molar refractivity (Wildman–Crippen MR) is 115 cm³/mol. The van der Waals surface area contributed by atoms with Crippen LogP contribution >= 0.6 is 11.8 Å². The molecule has 2 amide bonds. The Morgan fingerprint density at radius 2 is 1.50 bits per heavy atom. The Hall–Kier alpha value is -3.13. The second-order valence-corrected chi connectivity index (χ2v) is 8.04. The monoisotopic (exact) mass is 421 g/mol. The Bertz CT molecular complexity index is 977. The third-order valence-corrected chi connectivity index (χ3v) is 6.01. The van der Waals surface area contributed by atoms with E-state index in [0.29, 0.717) is 37.3 Å². The fourth-order valence-electron chi connectivity index (χ4n) is 3.43. The molecule has 0 saturated carbocycles. The van der Waals surface area contributed by atoms with E-state index in [4.69, 9.17) is 0 Å². The Labute approximate surface area is 179 Å². The van der Waals surface area contributed by atoms with E-state index in [-0.39, 0.29) is 11.8 Å². The molecule has 30 heavy (non-hydrogen) atoms. The van der Waals surface area contributed by atoms with Crippen molar-refractivity contribution in [3.05, 3.63) is 77.6 Å². The number of thioether (sulfide) groups is 1. The molecule has 4 rings (SSSR count). The van der Waals surface area contributed by atoms with Gasteiger partial charge in [0.1, 0.15) is 6.33 Å². The normalized spacial score (nSPS) is 14.4. The first kappa shape index (κ1) is 20.2. The zero-order chi connectivity index (χ0) is 20.8. The van der Waals surface area contributed by atoms with Gasteiger partial charge >= 0.3 is 0 Å². The number of H-pyrrole nitrogens is 1. The maximum atomic E-state index is 12.9. The van der Waals surface area contributed by atoms with E-state index in [1.165, 1.54) is 6.33 Å². The molecule has 2 aromatic carbocycles. The van der Waals surface area contributed by atoms with Gasteiger partial charge in [-0.05, 0) is 36.2 Å². The highest BCUT2D eigenvalue weighted by Crippen LogP contribution is 2.19. The lowest BCUT2D eigenvalue weighted by Crippen LogP contribution is -2.37. The molecule has 1 fully saturated rings. The molecule has 3 aromatic rings. The van der Waals surface area contributed by atoms with Crippen LogP contribution < -0.4 is 0 Å². The summed E-state index contributed by atoms with van der Waals surface area (Å²) < 4.78 is 0. The molecule has 0 spiro atoms. The van der Waals surface area contributed by atoms with E-state index in [0.717, 1.165) is 22.9 Å². The second-order valence-electron chi connectivity index (χ2n) is 7.08. The third kappa shape index (κ3) is 4.88. The molecule has 1 saturated heterocycles. The minimum Gasteiger partial charge on any atom is -0.337 e. The van der Waals surface area contributed by atoms with Crippen LogP contribution in [0, 0.1) is 0 Å². The number of amides is 2. The van der Waals surface area contributed by atoms with Gasteiger partial charge in [0.25, 0.3) is 11.8 Å². The SMILES string of the molecule is O=C(c1ccccc1)N1CCCN(C(=O)c2ccc(CSc3ncn[nH]3)cc2)CC1. The van der Waals surface area contributed by atoms with E-state index < -0.39 is 0 Å². The molecule has 2 heterocycles. The van der Waals surface area contributed by atoms with Crippen LogP contribution in [0.3, 0.4) is 0 Å². The smallest absolute Gasteiger partial charge is 0.253 e. The van der Waals surface area contributed by atoms with Gasteiger partial charge in [-0.2, -0.15) is 5.10 Å². The van der Waals surface area contributed by atoms with Gasteiger partial charge in [0, 0.05) is 43.1 Å². The van der Waals surface area contributed by atoms with Crippen LogP contribution in [0.15, 0.2) is 66.1 Å². The summed E-state index contributed by atoms with van der Waals surface area (Å²) in [6, 6.07) is 17.0. The molecule has 154 valence electrons. The van der Waals surface area contributed by atoms with Crippen molar-refractivity contribution < 1.29 is 9.59 Å². The molecule has 1 aromatic heterocycles. The van der Waals surface area contributed by atoms with Crippen LogP contribution in [0.1, 0.15) is 32.7 Å². The Kier molecular flexibility index (Phi) is 6.44. The highest BCUT2D eigenvalue weighted by atomic mass is 32.2. The van der Waals surface area contributed by atoms with E-state index in [1.807, 2.05) is 64.4 Å². The van der Waals surface area contributed by atoms with Gasteiger partial charge in [-0.25, -0.2) is 4.98 Å². The van der Waals surface area contributed by atoms with Crippen molar-refractivity contribution in [3.8, 4) is 0 Å². The Morgan fingerprint density at radius 1 is 0.867 bits per heavy atom. The second kappa shape index (κ2) is 9.58. The fraction of sp³-hybridized carbons (Fsp3) is 0.273. The number of nitrogens with one attached hydrogen (secondary N) is 1. The van der Waals surface area contributed by atoms with E-state index >= 15 is 0 Å². The van der Waals surface area contributed by atoms with E-state index in [9.17, 15) is 9.59 Å². The zero-order valence-corrected chi connectivity index (χ0v) is 17.3. The van der Waals surface area contributed by atoms with Crippen LogP contribution in [-0.2, 0) is 5.75 Å². The van der Waals surface area contributed by atoms with Crippen molar-refractivity contribution in [2.24, 2.45) is 0 Å². The van der Waals surface area contributed by atoms with Gasteiger partial charge in [0.2, 0.25) is 0 Å². The number of carbonyl (C=O) groups excluding carboxylic acids is 2. The molecule has 0 aliphatic carbocycles. The molecule has 7 nitrogen and oxygen atoms in total. The Balaban J connectivity index is 1.33. The van der Waals surface area contributed by atoms with E-state index in [2.05, 4.69) is 15.2 Å². The number of aromatic nitrogens is 3. The maximum Gasteiger partial charge on any atom is 0.253 e. The molecule has 0 bridgehead atoms. The standard InChI is InChI=1S/C22H23N5O2S/c28-20(18-5-2-1-3-6-18)26-11-4-12-27(14-13-26)21(29)19-9-7-17(8-10-19)15-30-22-23-16-24-25-22/h1-3,5-10,16H,4,11-15H2,(H,23,24,25). The van der Waals surface area contributed by atoms with Gasteiger partial charge in [-0.15, -0.1) is 0 Å². The number of nitrogens with zero attached hydrogens (tertiary/aromatic N) is 4. The van der Waals surface area contributed by atoms with E-state index in [1.54, 1.807) is 11.8 Å². The average Bonchev–Trinajstić information content (AvgIpc) is 3.20. The first-order chi connectivity index (χ1) is 14.7. The van der Waals surface area contributed by atoms with Crippen LogP contribution in [0.4, 0.5) is 0 Å². The molecular formula is C22H23N5O2S. The zero-order valence-electron chi connectivity index (χ0n) is 16.5. The summed E-state index contributed by atoms with van der Waals surface area (Å²) in [5.41, 5.74) is 2.48. The summed E-state index contributed by atoms with van der Waals surface area (Å²) >= 11 is 1.56.